The second kappa shape index (κ2) is 8.33. The molecule has 6 heteroatoms. The molecule has 0 bridgehead atoms. The molecule has 1 atom stereocenters. The maximum Gasteiger partial charge on any atom is 0.267 e. The molecule has 2 aromatic heterocycles. The van der Waals surface area contributed by atoms with Gasteiger partial charge in [-0.1, -0.05) is 23.9 Å². The lowest BCUT2D eigenvalue weighted by Crippen LogP contribution is -2.44. The minimum Gasteiger partial charge on any atom is -0.335 e. The Morgan fingerprint density at radius 1 is 1.33 bits per heavy atom. The van der Waals surface area contributed by atoms with Crippen LogP contribution in [0.5, 0.6) is 0 Å². The molecule has 0 unspecified atom stereocenters. The molecule has 5 nitrogen and oxygen atoms in total. The van der Waals surface area contributed by atoms with Gasteiger partial charge in [-0.15, -0.1) is 5.10 Å². The molecule has 0 aromatic carbocycles. The number of piperidine rings is 1. The van der Waals surface area contributed by atoms with Crippen molar-refractivity contribution in [2.24, 2.45) is 0 Å². The van der Waals surface area contributed by atoms with Crippen LogP contribution in [0.4, 0.5) is 0 Å². The third kappa shape index (κ3) is 3.98. The summed E-state index contributed by atoms with van der Waals surface area (Å²) in [5.74, 6) is 0.124. The highest BCUT2D eigenvalue weighted by molar-refractivity contribution is 7.08. The van der Waals surface area contributed by atoms with Crippen LogP contribution in [0.3, 0.4) is 0 Å². The van der Waals surface area contributed by atoms with Gasteiger partial charge in [-0.3, -0.25) is 9.78 Å². The Morgan fingerprint density at radius 2 is 2.25 bits per heavy atom. The number of carbonyl (C=O) groups is 1. The van der Waals surface area contributed by atoms with Crippen molar-refractivity contribution in [2.75, 3.05) is 6.54 Å². The van der Waals surface area contributed by atoms with Crippen molar-refractivity contribution in [1.29, 1.82) is 0 Å². The highest BCUT2D eigenvalue weighted by Crippen LogP contribution is 2.25. The molecule has 24 heavy (non-hydrogen) atoms. The fraction of sp³-hybridized carbons (Fsp3) is 0.556. The van der Waals surface area contributed by atoms with Gasteiger partial charge in [0.05, 0.1) is 5.69 Å². The number of amides is 1. The zero-order chi connectivity index (χ0) is 16.8. The maximum atomic E-state index is 13.0. The van der Waals surface area contributed by atoms with Gasteiger partial charge in [0.15, 0.2) is 0 Å². The largest absolute Gasteiger partial charge is 0.335 e. The summed E-state index contributed by atoms with van der Waals surface area (Å²) < 4.78 is 4.01. The van der Waals surface area contributed by atoms with Crippen LogP contribution in [-0.4, -0.2) is 38.0 Å². The Hall–Kier alpha value is -1.82. The van der Waals surface area contributed by atoms with Crippen molar-refractivity contribution in [3.05, 3.63) is 40.7 Å². The van der Waals surface area contributed by atoms with Crippen LogP contribution in [0, 0.1) is 0 Å². The van der Waals surface area contributed by atoms with Crippen LogP contribution in [0.1, 0.15) is 60.1 Å². The number of hydrogen-bond acceptors (Lipinski definition) is 5. The minimum atomic E-state index is 0.124. The molecule has 0 spiro atoms. The first kappa shape index (κ1) is 17.0. The highest BCUT2D eigenvalue weighted by atomic mass is 32.1. The summed E-state index contributed by atoms with van der Waals surface area (Å²) in [5, 5.41) is 4.15. The fourth-order valence-electron chi connectivity index (χ4n) is 3.33. The van der Waals surface area contributed by atoms with Crippen molar-refractivity contribution in [1.82, 2.24) is 19.5 Å². The van der Waals surface area contributed by atoms with Gasteiger partial charge >= 0.3 is 0 Å². The van der Waals surface area contributed by atoms with E-state index in [0.717, 1.165) is 61.3 Å². The quantitative estimate of drug-likeness (QED) is 0.804. The predicted molar refractivity (Wildman–Crippen MR) is 95.1 cm³/mol. The molecule has 1 aliphatic rings. The Kier molecular flexibility index (Phi) is 5.91. The van der Waals surface area contributed by atoms with E-state index in [0.29, 0.717) is 6.04 Å². The number of aromatic nitrogens is 3. The molecule has 0 radical (unpaired) electrons. The average Bonchev–Trinajstić information content (AvgIpc) is 3.09. The molecule has 2 aromatic rings. The average molecular weight is 344 g/mol. The van der Waals surface area contributed by atoms with Crippen molar-refractivity contribution in [2.45, 2.75) is 57.9 Å². The molecule has 3 rings (SSSR count). The topological polar surface area (TPSA) is 59.0 Å². The monoisotopic (exact) mass is 344 g/mol. The van der Waals surface area contributed by atoms with Crippen LogP contribution in [0.25, 0.3) is 0 Å². The van der Waals surface area contributed by atoms with Crippen LogP contribution in [0.15, 0.2) is 24.4 Å². The van der Waals surface area contributed by atoms with Gasteiger partial charge in [-0.2, -0.15) is 0 Å². The SMILES string of the molecule is CCCc1nnsc1C(=O)N1CCCC[C@H]1CCc1ccccn1. The Bertz CT molecular complexity index is 658. The van der Waals surface area contributed by atoms with Crippen molar-refractivity contribution < 1.29 is 4.79 Å². The first-order valence-corrected chi connectivity index (χ1v) is 9.59. The number of aryl methyl sites for hydroxylation is 2. The smallest absolute Gasteiger partial charge is 0.267 e. The molecule has 3 heterocycles. The van der Waals surface area contributed by atoms with Gasteiger partial charge < -0.3 is 4.90 Å². The van der Waals surface area contributed by atoms with Gasteiger partial charge in [-0.25, -0.2) is 0 Å². The molecule has 1 saturated heterocycles. The van der Waals surface area contributed by atoms with Gasteiger partial charge in [0.2, 0.25) is 0 Å². The van der Waals surface area contributed by atoms with Gasteiger partial charge in [0.25, 0.3) is 5.91 Å². The van der Waals surface area contributed by atoms with E-state index in [1.54, 1.807) is 0 Å². The van der Waals surface area contributed by atoms with E-state index < -0.39 is 0 Å². The van der Waals surface area contributed by atoms with E-state index in [4.69, 9.17) is 0 Å². The highest BCUT2D eigenvalue weighted by Gasteiger charge is 2.30. The first-order valence-electron chi connectivity index (χ1n) is 8.81. The van der Waals surface area contributed by atoms with Crippen molar-refractivity contribution in [3.8, 4) is 0 Å². The van der Waals surface area contributed by atoms with Crippen LogP contribution in [-0.2, 0) is 12.8 Å². The molecule has 128 valence electrons. The number of carbonyl (C=O) groups excluding carboxylic acids is 1. The van der Waals surface area contributed by atoms with E-state index in [1.807, 2.05) is 18.3 Å². The van der Waals surface area contributed by atoms with Crippen LogP contribution in [0.2, 0.25) is 0 Å². The molecule has 0 saturated carbocycles. The lowest BCUT2D eigenvalue weighted by Gasteiger charge is -2.35. The number of pyridine rings is 1. The Labute approximate surface area is 147 Å². The second-order valence-electron chi connectivity index (χ2n) is 6.31. The second-order valence-corrected chi connectivity index (χ2v) is 7.06. The predicted octanol–water partition coefficient (Wildman–Crippen LogP) is 3.51. The third-order valence-corrected chi connectivity index (χ3v) is 5.34. The molecule has 1 fully saturated rings. The van der Waals surface area contributed by atoms with Gasteiger partial charge in [0, 0.05) is 24.5 Å². The molecule has 0 N–H and O–H groups in total. The van der Waals surface area contributed by atoms with Crippen LogP contribution >= 0.6 is 11.5 Å². The van der Waals surface area contributed by atoms with Crippen molar-refractivity contribution >= 4 is 17.4 Å². The minimum absolute atomic E-state index is 0.124. The van der Waals surface area contributed by atoms with Gasteiger partial charge in [-0.05, 0) is 62.2 Å². The zero-order valence-electron chi connectivity index (χ0n) is 14.1. The number of likely N-dealkylation sites (tertiary alicyclic amines) is 1. The van der Waals surface area contributed by atoms with Gasteiger partial charge in [0.1, 0.15) is 4.88 Å². The van der Waals surface area contributed by atoms with E-state index in [2.05, 4.69) is 32.5 Å². The Morgan fingerprint density at radius 3 is 3.04 bits per heavy atom. The third-order valence-electron chi connectivity index (χ3n) is 4.58. The molecule has 0 aliphatic carbocycles. The molecule has 1 amide bonds. The lowest BCUT2D eigenvalue weighted by molar-refractivity contribution is 0.0605. The molecular formula is C18H24N4OS. The summed E-state index contributed by atoms with van der Waals surface area (Å²) in [5.41, 5.74) is 1.96. The normalized spacial score (nSPS) is 17.9. The van der Waals surface area contributed by atoms with Crippen LogP contribution < -0.4 is 0 Å². The van der Waals surface area contributed by atoms with E-state index in [1.165, 1.54) is 18.0 Å². The lowest BCUT2D eigenvalue weighted by atomic mass is 9.96. The van der Waals surface area contributed by atoms with E-state index >= 15 is 0 Å². The van der Waals surface area contributed by atoms with Crippen molar-refractivity contribution in [3.63, 3.8) is 0 Å². The maximum absolute atomic E-state index is 13.0. The zero-order valence-corrected chi connectivity index (χ0v) is 15.0. The summed E-state index contributed by atoms with van der Waals surface area (Å²) in [7, 11) is 0. The first-order chi connectivity index (χ1) is 11.8. The van der Waals surface area contributed by atoms with E-state index in [9.17, 15) is 4.79 Å². The fourth-order valence-corrected chi connectivity index (χ4v) is 4.00. The molecule has 1 aliphatic heterocycles. The van der Waals surface area contributed by atoms with E-state index in [-0.39, 0.29) is 5.91 Å². The molecular weight excluding hydrogens is 320 g/mol. The number of rotatable bonds is 6. The standard InChI is InChI=1S/C18H24N4OS/c1-2-7-16-17(24-21-20-16)18(23)22-13-6-4-9-15(22)11-10-14-8-3-5-12-19-14/h3,5,8,12,15H,2,4,6-7,9-11,13H2,1H3/t15-/m0/s1. The summed E-state index contributed by atoms with van der Waals surface area (Å²) in [4.78, 5) is 20.2. The summed E-state index contributed by atoms with van der Waals surface area (Å²) >= 11 is 1.24. The summed E-state index contributed by atoms with van der Waals surface area (Å²) in [6.07, 6.45) is 8.88. The number of hydrogen-bond donors (Lipinski definition) is 0. The Balaban J connectivity index is 1.69. The summed E-state index contributed by atoms with van der Waals surface area (Å²) in [6, 6.07) is 6.31. The number of nitrogens with zero attached hydrogens (tertiary/aromatic N) is 4. The summed E-state index contributed by atoms with van der Waals surface area (Å²) in [6.45, 7) is 2.94.